The molecule has 7 nitrogen and oxygen atoms in total. The molecule has 3 N–H and O–H groups in total. The largest absolute Gasteiger partial charge is 0.409 e. The van der Waals surface area contributed by atoms with Crippen LogP contribution in [0.5, 0.6) is 0 Å². The number of hydrogen-bond acceptors (Lipinski definition) is 5. The maximum atomic E-state index is 8.98. The molecule has 0 bridgehead atoms. The van der Waals surface area contributed by atoms with Crippen LogP contribution in [-0.4, -0.2) is 59.5 Å². The van der Waals surface area contributed by atoms with Crippen molar-refractivity contribution >= 4 is 11.7 Å². The van der Waals surface area contributed by atoms with E-state index in [1.807, 2.05) is 21.0 Å². The van der Waals surface area contributed by atoms with Crippen LogP contribution in [0.2, 0.25) is 0 Å². The van der Waals surface area contributed by atoms with Gasteiger partial charge in [-0.05, 0) is 45.8 Å². The van der Waals surface area contributed by atoms with Crippen LogP contribution >= 0.6 is 0 Å². The second kappa shape index (κ2) is 6.34. The molecule has 2 rings (SSSR count). The third-order valence-corrected chi connectivity index (χ3v) is 4.29. The summed E-state index contributed by atoms with van der Waals surface area (Å²) in [7, 11) is 6.10. The van der Waals surface area contributed by atoms with E-state index in [4.69, 9.17) is 10.9 Å². The van der Waals surface area contributed by atoms with E-state index in [1.54, 1.807) is 4.68 Å². The van der Waals surface area contributed by atoms with Gasteiger partial charge in [-0.3, -0.25) is 4.68 Å². The summed E-state index contributed by atoms with van der Waals surface area (Å²) in [5.41, 5.74) is 7.31. The second-order valence-corrected chi connectivity index (χ2v) is 6.02. The lowest BCUT2D eigenvalue weighted by atomic mass is 9.96. The average molecular weight is 294 g/mol. The number of aromatic nitrogens is 2. The van der Waals surface area contributed by atoms with Crippen LogP contribution in [0, 0.1) is 12.8 Å². The van der Waals surface area contributed by atoms with Gasteiger partial charge >= 0.3 is 0 Å². The highest BCUT2D eigenvalue weighted by molar-refractivity contribution is 6.02. The Kier molecular flexibility index (Phi) is 4.72. The number of amidine groups is 1. The van der Waals surface area contributed by atoms with E-state index < -0.39 is 0 Å². The van der Waals surface area contributed by atoms with Gasteiger partial charge in [-0.2, -0.15) is 5.10 Å². The number of rotatable bonds is 4. The van der Waals surface area contributed by atoms with Gasteiger partial charge in [0.05, 0.1) is 11.3 Å². The zero-order valence-corrected chi connectivity index (χ0v) is 13.4. The second-order valence-electron chi connectivity index (χ2n) is 6.02. The fourth-order valence-corrected chi connectivity index (χ4v) is 3.15. The van der Waals surface area contributed by atoms with Crippen molar-refractivity contribution in [1.82, 2.24) is 14.7 Å². The molecule has 1 fully saturated rings. The van der Waals surface area contributed by atoms with Crippen LogP contribution < -0.4 is 10.6 Å². The van der Waals surface area contributed by atoms with Gasteiger partial charge in [0, 0.05) is 20.6 Å². The van der Waals surface area contributed by atoms with Gasteiger partial charge < -0.3 is 20.7 Å². The van der Waals surface area contributed by atoms with Crippen LogP contribution in [0.15, 0.2) is 5.16 Å². The molecule has 1 aliphatic heterocycles. The van der Waals surface area contributed by atoms with Gasteiger partial charge in [0.2, 0.25) is 0 Å². The number of hydrogen-bond donors (Lipinski definition) is 2. The minimum Gasteiger partial charge on any atom is -0.409 e. The van der Waals surface area contributed by atoms with E-state index in [2.05, 4.69) is 27.1 Å². The number of oxime groups is 1. The number of nitrogens with two attached hydrogens (primary N) is 1. The molecule has 0 radical (unpaired) electrons. The molecular formula is C14H26N6O. The number of piperidine rings is 1. The lowest BCUT2D eigenvalue weighted by Crippen LogP contribution is -2.36. The monoisotopic (exact) mass is 294 g/mol. The standard InChI is InChI=1S/C14H26N6O/c1-10-12(13(15)17-21)14(20(4)16-10)19(3)9-11-5-7-18(2)8-6-11/h11,21H,5-9H2,1-4H3,(H2,15,17). The van der Waals surface area contributed by atoms with Crippen molar-refractivity contribution < 1.29 is 5.21 Å². The summed E-state index contributed by atoms with van der Waals surface area (Å²) in [5, 5.41) is 16.5. The number of likely N-dealkylation sites (tertiary alicyclic amines) is 1. The maximum absolute atomic E-state index is 8.98. The molecular weight excluding hydrogens is 268 g/mol. The predicted octanol–water partition coefficient (Wildman–Crippen LogP) is 0.601. The first kappa shape index (κ1) is 15.6. The van der Waals surface area contributed by atoms with Crippen molar-refractivity contribution in [3.63, 3.8) is 0 Å². The van der Waals surface area contributed by atoms with Gasteiger partial charge in [-0.15, -0.1) is 0 Å². The summed E-state index contributed by atoms with van der Waals surface area (Å²) in [6.07, 6.45) is 2.41. The molecule has 1 aliphatic rings. The minimum absolute atomic E-state index is 0.117. The molecule has 0 atom stereocenters. The van der Waals surface area contributed by atoms with Crippen LogP contribution in [0.1, 0.15) is 24.1 Å². The van der Waals surface area contributed by atoms with E-state index >= 15 is 0 Å². The summed E-state index contributed by atoms with van der Waals surface area (Å²) in [6, 6.07) is 0. The first-order valence-corrected chi connectivity index (χ1v) is 7.35. The normalized spacial score (nSPS) is 18.2. The Balaban J connectivity index is 2.17. The van der Waals surface area contributed by atoms with Gasteiger partial charge in [0.25, 0.3) is 0 Å². The molecule has 0 aromatic carbocycles. The van der Waals surface area contributed by atoms with E-state index in [1.165, 1.54) is 12.8 Å². The minimum atomic E-state index is 0.117. The first-order chi connectivity index (χ1) is 9.93. The molecule has 1 aromatic heterocycles. The average Bonchev–Trinajstić information content (AvgIpc) is 2.75. The van der Waals surface area contributed by atoms with E-state index in [0.29, 0.717) is 5.92 Å². The Labute approximate surface area is 126 Å². The Bertz CT molecular complexity index is 516. The Morgan fingerprint density at radius 3 is 2.62 bits per heavy atom. The highest BCUT2D eigenvalue weighted by Gasteiger charge is 2.24. The Morgan fingerprint density at radius 1 is 1.43 bits per heavy atom. The van der Waals surface area contributed by atoms with Crippen molar-refractivity contribution in [2.75, 3.05) is 38.6 Å². The highest BCUT2D eigenvalue weighted by atomic mass is 16.4. The van der Waals surface area contributed by atoms with Crippen molar-refractivity contribution in [2.45, 2.75) is 19.8 Å². The van der Waals surface area contributed by atoms with Gasteiger partial charge in [0.1, 0.15) is 5.82 Å². The third-order valence-electron chi connectivity index (χ3n) is 4.29. The number of aryl methyl sites for hydroxylation is 2. The molecule has 0 amide bonds. The van der Waals surface area contributed by atoms with Gasteiger partial charge in [-0.1, -0.05) is 5.16 Å². The van der Waals surface area contributed by atoms with Crippen LogP contribution in [0.25, 0.3) is 0 Å². The molecule has 0 unspecified atom stereocenters. The fourth-order valence-electron chi connectivity index (χ4n) is 3.15. The molecule has 1 aromatic rings. The van der Waals surface area contributed by atoms with Crippen LogP contribution in [-0.2, 0) is 7.05 Å². The lowest BCUT2D eigenvalue weighted by molar-refractivity contribution is 0.222. The van der Waals surface area contributed by atoms with Gasteiger partial charge in [-0.25, -0.2) is 0 Å². The van der Waals surface area contributed by atoms with Crippen molar-refractivity contribution in [2.24, 2.45) is 23.9 Å². The SMILES string of the molecule is Cc1nn(C)c(N(C)CC2CCN(C)CC2)c1C(N)=NO. The Morgan fingerprint density at radius 2 is 2.05 bits per heavy atom. The molecule has 0 saturated carbocycles. The third kappa shape index (κ3) is 3.29. The number of nitrogens with zero attached hydrogens (tertiary/aromatic N) is 5. The summed E-state index contributed by atoms with van der Waals surface area (Å²) in [5.74, 6) is 1.69. The van der Waals surface area contributed by atoms with Crippen molar-refractivity contribution in [3.8, 4) is 0 Å². The topological polar surface area (TPSA) is 82.9 Å². The number of anilines is 1. The predicted molar refractivity (Wildman–Crippen MR) is 83.9 cm³/mol. The van der Waals surface area contributed by atoms with E-state index in [9.17, 15) is 0 Å². The summed E-state index contributed by atoms with van der Waals surface area (Å²) in [6.45, 7) is 5.13. The zero-order valence-electron chi connectivity index (χ0n) is 13.4. The van der Waals surface area contributed by atoms with Crippen LogP contribution in [0.3, 0.4) is 0 Å². The smallest absolute Gasteiger partial charge is 0.175 e. The molecule has 2 heterocycles. The maximum Gasteiger partial charge on any atom is 0.175 e. The molecule has 7 heteroatoms. The van der Waals surface area contributed by atoms with Crippen molar-refractivity contribution in [3.05, 3.63) is 11.3 Å². The molecule has 118 valence electrons. The fraction of sp³-hybridized carbons (Fsp3) is 0.714. The quantitative estimate of drug-likeness (QED) is 0.368. The molecule has 1 saturated heterocycles. The summed E-state index contributed by atoms with van der Waals surface area (Å²) in [4.78, 5) is 4.54. The molecule has 21 heavy (non-hydrogen) atoms. The van der Waals surface area contributed by atoms with Crippen LogP contribution in [0.4, 0.5) is 5.82 Å². The lowest BCUT2D eigenvalue weighted by Gasteiger charge is -2.32. The summed E-state index contributed by atoms with van der Waals surface area (Å²) < 4.78 is 1.80. The van der Waals surface area contributed by atoms with E-state index in [-0.39, 0.29) is 5.84 Å². The molecule has 0 spiro atoms. The Hall–Kier alpha value is -1.76. The summed E-state index contributed by atoms with van der Waals surface area (Å²) >= 11 is 0. The van der Waals surface area contributed by atoms with E-state index in [0.717, 1.165) is 36.7 Å². The zero-order chi connectivity index (χ0) is 15.6. The first-order valence-electron chi connectivity index (χ1n) is 7.35. The van der Waals surface area contributed by atoms with Crippen molar-refractivity contribution in [1.29, 1.82) is 0 Å². The highest BCUT2D eigenvalue weighted by Crippen LogP contribution is 2.25. The molecule has 0 aliphatic carbocycles. The van der Waals surface area contributed by atoms with Gasteiger partial charge in [0.15, 0.2) is 5.84 Å².